The molecule has 0 N–H and O–H groups in total. The van der Waals surface area contributed by atoms with Gasteiger partial charge in [0, 0.05) is 0 Å². The maximum absolute atomic E-state index is 12.5. The molecule has 14 heavy (non-hydrogen) atoms. The van der Waals surface area contributed by atoms with Crippen molar-refractivity contribution in [1.29, 1.82) is 0 Å². The van der Waals surface area contributed by atoms with Crippen LogP contribution in [-0.4, -0.2) is 37.6 Å². The lowest BCUT2D eigenvalue weighted by atomic mass is 10.4. The van der Waals surface area contributed by atoms with Gasteiger partial charge in [-0.3, -0.25) is 0 Å². The summed E-state index contributed by atoms with van der Waals surface area (Å²) < 4.78 is 55.8. The molecule has 0 aliphatic carbocycles. The molecule has 1 unspecified atom stereocenters. The Labute approximate surface area is 81.9 Å². The van der Waals surface area contributed by atoms with Crippen molar-refractivity contribution >= 4 is 17.6 Å². The number of ether oxygens (including phenoxy) is 2. The van der Waals surface area contributed by atoms with E-state index in [9.17, 15) is 22.4 Å². The van der Waals surface area contributed by atoms with Gasteiger partial charge in [-0.1, -0.05) is 11.6 Å². The van der Waals surface area contributed by atoms with Gasteiger partial charge in [-0.15, -0.1) is 0 Å². The number of esters is 1. The van der Waals surface area contributed by atoms with E-state index in [0.717, 1.165) is 7.11 Å². The molecule has 0 rings (SSSR count). The summed E-state index contributed by atoms with van der Waals surface area (Å²) in [5.74, 6) is -0.917. The summed E-state index contributed by atoms with van der Waals surface area (Å²) in [5, 5.41) is -3.99. The Bertz CT molecular complexity index is 204. The van der Waals surface area contributed by atoms with Crippen molar-refractivity contribution in [2.24, 2.45) is 0 Å². The van der Waals surface area contributed by atoms with E-state index in [0.29, 0.717) is 0 Å². The predicted molar refractivity (Wildman–Crippen MR) is 38.6 cm³/mol. The second-order valence-corrected chi connectivity index (χ2v) is 2.87. The van der Waals surface area contributed by atoms with Crippen molar-refractivity contribution in [3.63, 3.8) is 0 Å². The molecular formula is C6H7ClF4O3. The van der Waals surface area contributed by atoms with Crippen molar-refractivity contribution in [1.82, 2.24) is 0 Å². The number of hydrogen-bond acceptors (Lipinski definition) is 3. The molecule has 0 saturated heterocycles. The smallest absolute Gasteiger partial charge is 0.439 e. The van der Waals surface area contributed by atoms with Gasteiger partial charge in [-0.2, -0.15) is 13.2 Å². The first-order valence-electron chi connectivity index (χ1n) is 3.30. The molecule has 0 aliphatic rings. The maximum Gasteiger partial charge on any atom is 0.439 e. The predicted octanol–water partition coefficient (Wildman–Crippen LogP) is 1.64. The lowest BCUT2D eigenvalue weighted by molar-refractivity contribution is -0.213. The number of rotatable bonds is 4. The molecule has 1 atom stereocenters. The highest BCUT2D eigenvalue weighted by atomic mass is 35.5. The summed E-state index contributed by atoms with van der Waals surface area (Å²) >= 11 is 4.47. The fraction of sp³-hybridized carbons (Fsp3) is 0.833. The number of carbonyl (C=O) groups excluding carboxylic acids is 1. The zero-order chi connectivity index (χ0) is 11.4. The van der Waals surface area contributed by atoms with Crippen LogP contribution in [0, 0.1) is 0 Å². The van der Waals surface area contributed by atoms with E-state index in [2.05, 4.69) is 21.1 Å². The Morgan fingerprint density at radius 1 is 1.36 bits per heavy atom. The summed E-state index contributed by atoms with van der Waals surface area (Å²) in [7, 11) is 1.01. The molecule has 0 aromatic heterocycles. The van der Waals surface area contributed by atoms with Crippen molar-refractivity contribution in [2.75, 3.05) is 20.3 Å². The molecule has 0 aliphatic heterocycles. The van der Waals surface area contributed by atoms with Crippen molar-refractivity contribution in [3.05, 3.63) is 0 Å². The summed E-state index contributed by atoms with van der Waals surface area (Å²) in [6.45, 7) is -2.25. The largest absolute Gasteiger partial charge is 0.467 e. The number of hydrogen-bond donors (Lipinski definition) is 0. The second-order valence-electron chi connectivity index (χ2n) is 2.27. The van der Waals surface area contributed by atoms with Gasteiger partial charge in [0.15, 0.2) is 0 Å². The first-order valence-corrected chi connectivity index (χ1v) is 3.67. The second kappa shape index (κ2) is 4.79. The first kappa shape index (κ1) is 13.4. The quantitative estimate of drug-likeness (QED) is 0.424. The minimum absolute atomic E-state index is 0.787. The van der Waals surface area contributed by atoms with Gasteiger partial charge in [-0.05, 0) is 0 Å². The van der Waals surface area contributed by atoms with E-state index >= 15 is 0 Å². The molecule has 0 saturated carbocycles. The molecule has 0 amide bonds. The molecule has 0 fully saturated rings. The molecule has 0 heterocycles. The zero-order valence-corrected chi connectivity index (χ0v) is 7.78. The van der Waals surface area contributed by atoms with Crippen molar-refractivity contribution in [3.8, 4) is 0 Å². The van der Waals surface area contributed by atoms with Gasteiger partial charge in [0.2, 0.25) is 0 Å². The van der Waals surface area contributed by atoms with E-state index in [1.54, 1.807) is 0 Å². The Balaban J connectivity index is 3.95. The highest BCUT2D eigenvalue weighted by Gasteiger charge is 2.55. The van der Waals surface area contributed by atoms with Crippen molar-refractivity contribution < 1.29 is 31.8 Å². The van der Waals surface area contributed by atoms with Crippen LogP contribution < -0.4 is 0 Å². The Morgan fingerprint density at radius 2 is 1.86 bits per heavy atom. The van der Waals surface area contributed by atoms with E-state index < -0.39 is 30.5 Å². The van der Waals surface area contributed by atoms with Crippen LogP contribution >= 0.6 is 11.6 Å². The number of halogens is 5. The third-order valence-corrected chi connectivity index (χ3v) is 1.47. The fourth-order valence-corrected chi connectivity index (χ4v) is 0.480. The topological polar surface area (TPSA) is 35.5 Å². The summed E-state index contributed by atoms with van der Waals surface area (Å²) in [6.07, 6.45) is -5.25. The molecule has 84 valence electrons. The minimum atomic E-state index is -5.25. The number of methoxy groups -OCH3 is 1. The lowest BCUT2D eigenvalue weighted by Crippen LogP contribution is -2.40. The molecule has 0 radical (unpaired) electrons. The Hall–Kier alpha value is -0.560. The third-order valence-electron chi connectivity index (χ3n) is 1.15. The van der Waals surface area contributed by atoms with E-state index in [4.69, 9.17) is 0 Å². The first-order chi connectivity index (χ1) is 6.20. The Morgan fingerprint density at radius 3 is 2.21 bits per heavy atom. The van der Waals surface area contributed by atoms with Crippen LogP contribution in [-0.2, 0) is 14.3 Å². The Kier molecular flexibility index (Phi) is 4.60. The SMILES string of the molecule is COC(=O)COCC(F)(Cl)C(F)(F)F. The van der Waals surface area contributed by atoms with E-state index in [-0.39, 0.29) is 0 Å². The van der Waals surface area contributed by atoms with Crippen LogP contribution in [0.5, 0.6) is 0 Å². The standard InChI is InChI=1S/C6H7ClF4O3/c1-13-4(12)2-14-3-5(7,8)6(9,10)11/h2-3H2,1H3. The average molecular weight is 239 g/mol. The highest BCUT2D eigenvalue weighted by Crippen LogP contribution is 2.37. The summed E-state index contributed by atoms with van der Waals surface area (Å²) in [5.41, 5.74) is 0. The molecule has 0 bridgehead atoms. The van der Waals surface area contributed by atoms with E-state index in [1.807, 2.05) is 0 Å². The monoisotopic (exact) mass is 238 g/mol. The molecule has 8 heteroatoms. The summed E-state index contributed by atoms with van der Waals surface area (Å²) in [4.78, 5) is 10.4. The number of alkyl halides is 5. The maximum atomic E-state index is 12.5. The third kappa shape index (κ3) is 4.10. The van der Waals surface area contributed by atoms with Crippen LogP contribution in [0.15, 0.2) is 0 Å². The highest BCUT2D eigenvalue weighted by molar-refractivity contribution is 6.23. The van der Waals surface area contributed by atoms with Crippen LogP contribution in [0.1, 0.15) is 0 Å². The van der Waals surface area contributed by atoms with E-state index in [1.165, 1.54) is 0 Å². The van der Waals surface area contributed by atoms with Gasteiger partial charge < -0.3 is 9.47 Å². The molecule has 0 aromatic rings. The van der Waals surface area contributed by atoms with Gasteiger partial charge in [0.1, 0.15) is 13.2 Å². The average Bonchev–Trinajstić information content (AvgIpc) is 2.01. The molecule has 0 spiro atoms. The molecule has 3 nitrogen and oxygen atoms in total. The molecule has 0 aromatic carbocycles. The normalized spacial score (nSPS) is 16.1. The van der Waals surface area contributed by atoms with Gasteiger partial charge in [0.25, 0.3) is 0 Å². The van der Waals surface area contributed by atoms with Crippen molar-refractivity contribution in [2.45, 2.75) is 11.3 Å². The zero-order valence-electron chi connectivity index (χ0n) is 7.03. The van der Waals surface area contributed by atoms with Crippen LogP contribution in [0.4, 0.5) is 17.6 Å². The summed E-state index contributed by atoms with van der Waals surface area (Å²) in [6, 6.07) is 0. The van der Waals surface area contributed by atoms with Gasteiger partial charge in [-0.25, -0.2) is 9.18 Å². The lowest BCUT2D eigenvalue weighted by Gasteiger charge is -2.20. The van der Waals surface area contributed by atoms with Crippen LogP contribution in [0.25, 0.3) is 0 Å². The number of carbonyl (C=O) groups is 1. The van der Waals surface area contributed by atoms with Gasteiger partial charge >= 0.3 is 17.3 Å². The van der Waals surface area contributed by atoms with Crippen LogP contribution in [0.2, 0.25) is 0 Å². The molecular weight excluding hydrogens is 232 g/mol. The minimum Gasteiger partial charge on any atom is -0.467 e. The van der Waals surface area contributed by atoms with Crippen LogP contribution in [0.3, 0.4) is 0 Å². The fourth-order valence-electron chi connectivity index (χ4n) is 0.403. The van der Waals surface area contributed by atoms with Gasteiger partial charge in [0.05, 0.1) is 7.11 Å².